The number of hydrogen-bond donors (Lipinski definition) is 0. The van der Waals surface area contributed by atoms with E-state index in [0.717, 1.165) is 29.2 Å². The third-order valence-electron chi connectivity index (χ3n) is 6.39. The van der Waals surface area contributed by atoms with Crippen LogP contribution in [0.1, 0.15) is 48.9 Å². The van der Waals surface area contributed by atoms with Crippen LogP contribution in [0, 0.1) is 0 Å². The predicted molar refractivity (Wildman–Crippen MR) is 101 cm³/mol. The lowest BCUT2D eigenvalue weighted by atomic mass is 9.94. The average molecular weight is 362 g/mol. The SMILES string of the molecule is O=C1CCC(=O)N1C1CC2CCC(C1)N2C(=O)c1ccc2ccccc2c1. The second-order valence-corrected chi connectivity index (χ2v) is 7.94. The highest BCUT2D eigenvalue weighted by Crippen LogP contribution is 2.39. The summed E-state index contributed by atoms with van der Waals surface area (Å²) in [4.78, 5) is 41.0. The van der Waals surface area contributed by atoms with Gasteiger partial charge in [0.15, 0.2) is 0 Å². The lowest BCUT2D eigenvalue weighted by molar-refractivity contribution is -0.142. The normalized spacial score (nSPS) is 27.6. The van der Waals surface area contributed by atoms with Crippen molar-refractivity contribution in [3.8, 4) is 0 Å². The molecule has 2 atom stereocenters. The van der Waals surface area contributed by atoms with Crippen LogP contribution in [0.25, 0.3) is 10.8 Å². The summed E-state index contributed by atoms with van der Waals surface area (Å²) < 4.78 is 0. The molecular formula is C22H22N2O3. The summed E-state index contributed by atoms with van der Waals surface area (Å²) in [5.41, 5.74) is 0.720. The molecule has 2 bridgehead atoms. The van der Waals surface area contributed by atoms with E-state index in [-0.39, 0.29) is 35.8 Å². The quantitative estimate of drug-likeness (QED) is 0.771. The van der Waals surface area contributed by atoms with Crippen molar-refractivity contribution in [1.29, 1.82) is 0 Å². The van der Waals surface area contributed by atoms with Gasteiger partial charge in [-0.3, -0.25) is 19.3 Å². The Morgan fingerprint density at radius 3 is 2.11 bits per heavy atom. The van der Waals surface area contributed by atoms with E-state index in [1.807, 2.05) is 47.4 Å². The maximum absolute atomic E-state index is 13.2. The fourth-order valence-corrected chi connectivity index (χ4v) is 5.16. The molecule has 3 aliphatic heterocycles. The van der Waals surface area contributed by atoms with E-state index >= 15 is 0 Å². The highest BCUT2D eigenvalue weighted by molar-refractivity contribution is 6.02. The number of nitrogens with zero attached hydrogens (tertiary/aromatic N) is 2. The zero-order valence-electron chi connectivity index (χ0n) is 15.1. The van der Waals surface area contributed by atoms with E-state index in [2.05, 4.69) is 0 Å². The Bertz CT molecular complexity index is 923. The maximum Gasteiger partial charge on any atom is 0.254 e. The first-order chi connectivity index (χ1) is 13.1. The van der Waals surface area contributed by atoms with Gasteiger partial charge in [-0.25, -0.2) is 0 Å². The van der Waals surface area contributed by atoms with Crippen molar-refractivity contribution in [2.24, 2.45) is 0 Å². The second-order valence-electron chi connectivity index (χ2n) is 7.94. The van der Waals surface area contributed by atoms with Gasteiger partial charge < -0.3 is 4.90 Å². The summed E-state index contributed by atoms with van der Waals surface area (Å²) in [5.74, 6) is -0.0109. The number of fused-ring (bicyclic) bond motifs is 3. The molecule has 5 rings (SSSR count). The molecule has 2 unspecified atom stereocenters. The van der Waals surface area contributed by atoms with Crippen molar-refractivity contribution in [3.63, 3.8) is 0 Å². The Kier molecular flexibility index (Phi) is 3.78. The van der Waals surface area contributed by atoms with Crippen LogP contribution < -0.4 is 0 Å². The average Bonchev–Trinajstić information content (AvgIpc) is 3.16. The first kappa shape index (κ1) is 16.5. The summed E-state index contributed by atoms with van der Waals surface area (Å²) in [7, 11) is 0. The van der Waals surface area contributed by atoms with Gasteiger partial charge in [0.25, 0.3) is 5.91 Å². The van der Waals surface area contributed by atoms with Crippen LogP contribution in [0.4, 0.5) is 0 Å². The summed E-state index contributed by atoms with van der Waals surface area (Å²) >= 11 is 0. The van der Waals surface area contributed by atoms with Crippen LogP contribution in [0.3, 0.4) is 0 Å². The minimum atomic E-state index is -0.0429. The zero-order chi connectivity index (χ0) is 18.5. The van der Waals surface area contributed by atoms with Crippen molar-refractivity contribution < 1.29 is 14.4 Å². The summed E-state index contributed by atoms with van der Waals surface area (Å²) in [6.45, 7) is 0. The van der Waals surface area contributed by atoms with Crippen LogP contribution in [0.2, 0.25) is 0 Å². The number of piperidine rings is 1. The van der Waals surface area contributed by atoms with Crippen molar-refractivity contribution >= 4 is 28.5 Å². The van der Waals surface area contributed by atoms with Crippen molar-refractivity contribution in [1.82, 2.24) is 9.80 Å². The molecule has 0 aromatic heterocycles. The van der Waals surface area contributed by atoms with Crippen LogP contribution in [-0.2, 0) is 9.59 Å². The number of amides is 3. The Morgan fingerprint density at radius 1 is 0.815 bits per heavy atom. The molecule has 2 aromatic rings. The van der Waals surface area contributed by atoms with Crippen LogP contribution >= 0.6 is 0 Å². The van der Waals surface area contributed by atoms with Gasteiger partial charge in [0.1, 0.15) is 0 Å². The molecule has 0 radical (unpaired) electrons. The number of hydrogen-bond acceptors (Lipinski definition) is 3. The van der Waals surface area contributed by atoms with Crippen molar-refractivity contribution in [2.45, 2.75) is 56.7 Å². The van der Waals surface area contributed by atoms with E-state index in [4.69, 9.17) is 0 Å². The Hall–Kier alpha value is -2.69. The molecule has 0 spiro atoms. The molecule has 3 aliphatic rings. The van der Waals surface area contributed by atoms with Crippen LogP contribution in [0.15, 0.2) is 42.5 Å². The molecule has 3 heterocycles. The van der Waals surface area contributed by atoms with E-state index in [1.165, 1.54) is 4.90 Å². The lowest BCUT2D eigenvalue weighted by Crippen LogP contribution is -2.53. The Balaban J connectivity index is 1.39. The third-order valence-corrected chi connectivity index (χ3v) is 6.39. The van der Waals surface area contributed by atoms with Gasteiger partial charge in [0, 0.05) is 36.5 Å². The molecule has 3 fully saturated rings. The third kappa shape index (κ3) is 2.64. The number of imide groups is 1. The Labute approximate surface area is 157 Å². The highest BCUT2D eigenvalue weighted by atomic mass is 16.2. The van der Waals surface area contributed by atoms with E-state index in [1.54, 1.807) is 0 Å². The molecule has 0 saturated carbocycles. The second kappa shape index (κ2) is 6.19. The van der Waals surface area contributed by atoms with E-state index < -0.39 is 0 Å². The number of benzene rings is 2. The summed E-state index contributed by atoms with van der Waals surface area (Å²) in [6, 6.07) is 14.1. The minimum Gasteiger partial charge on any atom is -0.333 e. The van der Waals surface area contributed by atoms with Crippen LogP contribution in [-0.4, -0.2) is 45.6 Å². The van der Waals surface area contributed by atoms with Gasteiger partial charge in [-0.1, -0.05) is 30.3 Å². The number of carbonyl (C=O) groups is 3. The molecule has 3 saturated heterocycles. The molecular weight excluding hydrogens is 340 g/mol. The first-order valence-electron chi connectivity index (χ1n) is 9.78. The molecule has 5 heteroatoms. The zero-order valence-corrected chi connectivity index (χ0v) is 15.1. The van der Waals surface area contributed by atoms with Gasteiger partial charge in [0.2, 0.25) is 11.8 Å². The molecule has 5 nitrogen and oxygen atoms in total. The number of rotatable bonds is 2. The van der Waals surface area contributed by atoms with Gasteiger partial charge in [-0.05, 0) is 48.6 Å². The molecule has 27 heavy (non-hydrogen) atoms. The number of carbonyl (C=O) groups excluding carboxylic acids is 3. The van der Waals surface area contributed by atoms with Gasteiger partial charge in [0.05, 0.1) is 0 Å². The first-order valence-corrected chi connectivity index (χ1v) is 9.78. The monoisotopic (exact) mass is 362 g/mol. The van der Waals surface area contributed by atoms with E-state index in [0.29, 0.717) is 25.7 Å². The standard InChI is InChI=1S/C22H22N2O3/c25-20-9-10-21(26)24(20)19-12-17-7-8-18(13-19)23(17)22(27)16-6-5-14-3-1-2-4-15(14)11-16/h1-6,11,17-19H,7-10,12-13H2. The molecule has 2 aromatic carbocycles. The largest absolute Gasteiger partial charge is 0.333 e. The lowest BCUT2D eigenvalue weighted by Gasteiger charge is -2.41. The predicted octanol–water partition coefficient (Wildman–Crippen LogP) is 3.12. The Morgan fingerprint density at radius 2 is 1.44 bits per heavy atom. The maximum atomic E-state index is 13.2. The molecule has 0 aliphatic carbocycles. The molecule has 0 N–H and O–H groups in total. The summed E-state index contributed by atoms with van der Waals surface area (Å²) in [6.07, 6.45) is 4.02. The van der Waals surface area contributed by atoms with Gasteiger partial charge in [-0.15, -0.1) is 0 Å². The van der Waals surface area contributed by atoms with Crippen LogP contribution in [0.5, 0.6) is 0 Å². The fourth-order valence-electron chi connectivity index (χ4n) is 5.16. The van der Waals surface area contributed by atoms with E-state index in [9.17, 15) is 14.4 Å². The topological polar surface area (TPSA) is 57.7 Å². The van der Waals surface area contributed by atoms with Crippen molar-refractivity contribution in [2.75, 3.05) is 0 Å². The smallest absolute Gasteiger partial charge is 0.254 e. The van der Waals surface area contributed by atoms with Gasteiger partial charge in [-0.2, -0.15) is 0 Å². The van der Waals surface area contributed by atoms with Crippen molar-refractivity contribution in [3.05, 3.63) is 48.0 Å². The fraction of sp³-hybridized carbons (Fsp3) is 0.409. The molecule has 138 valence electrons. The number of likely N-dealkylation sites (tertiary alicyclic amines) is 1. The minimum absolute atomic E-state index is 0.0364. The molecule has 3 amide bonds. The van der Waals surface area contributed by atoms with Gasteiger partial charge >= 0.3 is 0 Å². The summed E-state index contributed by atoms with van der Waals surface area (Å²) in [5, 5.41) is 2.20. The highest BCUT2D eigenvalue weighted by Gasteiger charge is 2.47.